The van der Waals surface area contributed by atoms with Crippen molar-refractivity contribution in [2.45, 2.75) is 69.6 Å². The van der Waals surface area contributed by atoms with Gasteiger partial charge in [-0.3, -0.25) is 0 Å². The van der Waals surface area contributed by atoms with Crippen LogP contribution in [0.15, 0.2) is 29.2 Å². The van der Waals surface area contributed by atoms with E-state index in [1.165, 1.54) is 30.6 Å². The van der Waals surface area contributed by atoms with Crippen LogP contribution in [0, 0.1) is 10.8 Å². The van der Waals surface area contributed by atoms with Gasteiger partial charge in [-0.15, -0.1) is 11.8 Å². The van der Waals surface area contributed by atoms with E-state index >= 15 is 0 Å². The van der Waals surface area contributed by atoms with E-state index < -0.39 is 0 Å². The van der Waals surface area contributed by atoms with Crippen molar-refractivity contribution < 1.29 is 0 Å². The topological polar surface area (TPSA) is 12.0 Å². The summed E-state index contributed by atoms with van der Waals surface area (Å²) in [5.74, 6) is 0. The van der Waals surface area contributed by atoms with Crippen LogP contribution in [0.3, 0.4) is 0 Å². The van der Waals surface area contributed by atoms with E-state index in [1.54, 1.807) is 5.56 Å². The first-order chi connectivity index (χ1) is 9.83. The maximum absolute atomic E-state index is 3.89. The van der Waals surface area contributed by atoms with Gasteiger partial charge in [-0.1, -0.05) is 45.9 Å². The number of thioether (sulfide) groups is 1. The molecule has 1 aliphatic carbocycles. The second kappa shape index (κ2) is 5.62. The highest BCUT2D eigenvalue weighted by molar-refractivity contribution is 8.00. The molecule has 2 heteroatoms. The van der Waals surface area contributed by atoms with Gasteiger partial charge in [-0.25, -0.2) is 0 Å². The molecule has 21 heavy (non-hydrogen) atoms. The largest absolute Gasteiger partial charge is 0.313 e. The van der Waals surface area contributed by atoms with Crippen LogP contribution in [0.2, 0.25) is 0 Å². The van der Waals surface area contributed by atoms with Gasteiger partial charge in [0.1, 0.15) is 0 Å². The minimum atomic E-state index is 0.477. The number of hydrogen-bond acceptors (Lipinski definition) is 2. The number of nitrogens with one attached hydrogen (secondary N) is 1. The monoisotopic (exact) mass is 303 g/mol. The van der Waals surface area contributed by atoms with Crippen molar-refractivity contribution in [3.63, 3.8) is 0 Å². The van der Waals surface area contributed by atoms with Gasteiger partial charge in [0.2, 0.25) is 0 Å². The highest BCUT2D eigenvalue weighted by atomic mass is 32.2. The normalized spacial score (nSPS) is 27.5. The Balaban J connectivity index is 1.54. The lowest BCUT2D eigenvalue weighted by Crippen LogP contribution is -2.45. The van der Waals surface area contributed by atoms with Gasteiger partial charge in [0.25, 0.3) is 0 Å². The molecule has 1 aromatic carbocycles. The van der Waals surface area contributed by atoms with E-state index in [0.29, 0.717) is 16.9 Å². The van der Waals surface area contributed by atoms with E-state index in [9.17, 15) is 0 Å². The summed E-state index contributed by atoms with van der Waals surface area (Å²) in [5.41, 5.74) is 2.50. The zero-order valence-corrected chi connectivity index (χ0v) is 14.7. The van der Waals surface area contributed by atoms with Gasteiger partial charge in [-0.2, -0.15) is 0 Å². The molecule has 2 aliphatic rings. The Morgan fingerprint density at radius 3 is 2.43 bits per heavy atom. The highest BCUT2D eigenvalue weighted by Gasteiger charge is 2.38. The lowest BCUT2D eigenvalue weighted by Gasteiger charge is -2.45. The molecule has 1 aromatic rings. The Labute approximate surface area is 134 Å². The summed E-state index contributed by atoms with van der Waals surface area (Å²) < 4.78 is 0. The first-order valence-electron chi connectivity index (χ1n) is 8.31. The average molecular weight is 304 g/mol. The van der Waals surface area contributed by atoms with Crippen LogP contribution in [-0.4, -0.2) is 17.8 Å². The van der Waals surface area contributed by atoms with Crippen LogP contribution in [0.25, 0.3) is 0 Å². The Morgan fingerprint density at radius 1 is 1.10 bits per heavy atom. The van der Waals surface area contributed by atoms with Crippen LogP contribution < -0.4 is 5.32 Å². The molecule has 1 unspecified atom stereocenters. The molecule has 0 saturated heterocycles. The molecule has 1 atom stereocenters. The first-order valence-corrected chi connectivity index (χ1v) is 9.19. The summed E-state index contributed by atoms with van der Waals surface area (Å²) >= 11 is 2.06. The summed E-state index contributed by atoms with van der Waals surface area (Å²) in [6, 6.07) is 9.57. The summed E-state index contributed by atoms with van der Waals surface area (Å²) in [5, 5.41) is 4.61. The molecular weight excluding hydrogens is 274 g/mol. The van der Waals surface area contributed by atoms with Crippen LogP contribution in [0.5, 0.6) is 0 Å². The first kappa shape index (κ1) is 15.4. The molecule has 1 nitrogen and oxygen atoms in total. The van der Waals surface area contributed by atoms with Crippen molar-refractivity contribution in [1.82, 2.24) is 5.32 Å². The number of rotatable bonds is 3. The quantitative estimate of drug-likeness (QED) is 0.852. The molecule has 0 amide bonds. The van der Waals surface area contributed by atoms with Gasteiger partial charge < -0.3 is 5.32 Å². The third-order valence-corrected chi connectivity index (χ3v) is 6.22. The van der Waals surface area contributed by atoms with Gasteiger partial charge in [0.05, 0.1) is 0 Å². The molecule has 0 bridgehead atoms. The Hall–Kier alpha value is -0.470. The number of benzene rings is 1. The second-order valence-corrected chi connectivity index (χ2v) is 9.91. The molecule has 116 valence electrons. The fourth-order valence-corrected chi connectivity index (χ4v) is 5.92. The Kier molecular flexibility index (Phi) is 4.13. The van der Waals surface area contributed by atoms with Gasteiger partial charge in [0.15, 0.2) is 0 Å². The summed E-state index contributed by atoms with van der Waals surface area (Å²) in [6.45, 7) is 10.9. The van der Waals surface area contributed by atoms with Crippen molar-refractivity contribution in [1.29, 1.82) is 0 Å². The van der Waals surface area contributed by atoms with Crippen molar-refractivity contribution in [2.24, 2.45) is 10.8 Å². The predicted molar refractivity (Wildman–Crippen MR) is 93.0 cm³/mol. The highest BCUT2D eigenvalue weighted by Crippen LogP contribution is 2.46. The average Bonchev–Trinajstić information content (AvgIpc) is 2.75. The molecule has 0 spiro atoms. The molecule has 0 aromatic heterocycles. The number of hydrogen-bond donors (Lipinski definition) is 1. The van der Waals surface area contributed by atoms with E-state index in [1.807, 2.05) is 0 Å². The maximum atomic E-state index is 3.89. The van der Waals surface area contributed by atoms with Crippen molar-refractivity contribution in [3.05, 3.63) is 29.8 Å². The van der Waals surface area contributed by atoms with Gasteiger partial charge >= 0.3 is 0 Å². The molecular formula is C19H29NS. The standard InChI is InChI=1S/C19H29NS/c1-18(2)10-15(11-19(3,4)13-18)20-12-16-9-14-7-5-6-8-17(14)21-16/h5-8,15-16,20H,9-13H2,1-4H3. The van der Waals surface area contributed by atoms with Gasteiger partial charge in [-0.05, 0) is 48.1 Å². The van der Waals surface area contributed by atoms with Crippen molar-refractivity contribution in [3.8, 4) is 0 Å². The van der Waals surface area contributed by atoms with Gasteiger partial charge in [0, 0.05) is 22.7 Å². The lowest BCUT2D eigenvalue weighted by molar-refractivity contribution is 0.0853. The van der Waals surface area contributed by atoms with Crippen LogP contribution in [0.4, 0.5) is 0 Å². The van der Waals surface area contributed by atoms with E-state index in [-0.39, 0.29) is 0 Å². The minimum Gasteiger partial charge on any atom is -0.313 e. The summed E-state index contributed by atoms with van der Waals surface area (Å²) in [7, 11) is 0. The third-order valence-electron chi connectivity index (χ3n) is 4.90. The molecule has 1 saturated carbocycles. The predicted octanol–water partition coefficient (Wildman–Crippen LogP) is 4.90. The lowest BCUT2D eigenvalue weighted by atomic mass is 9.63. The van der Waals surface area contributed by atoms with Crippen LogP contribution in [0.1, 0.15) is 52.5 Å². The SMILES string of the molecule is CC1(C)CC(NCC2Cc3ccccc3S2)CC(C)(C)C1. The van der Waals surface area contributed by atoms with E-state index in [4.69, 9.17) is 0 Å². The molecule has 1 aliphatic heterocycles. The summed E-state index contributed by atoms with van der Waals surface area (Å²) in [6.07, 6.45) is 5.22. The van der Waals surface area contributed by atoms with E-state index in [2.05, 4.69) is 69.0 Å². The minimum absolute atomic E-state index is 0.477. The Bertz CT molecular complexity index is 465. The van der Waals surface area contributed by atoms with Crippen LogP contribution in [-0.2, 0) is 6.42 Å². The van der Waals surface area contributed by atoms with E-state index in [0.717, 1.165) is 11.8 Å². The fourth-order valence-electron chi connectivity index (χ4n) is 4.66. The molecule has 1 N–H and O–H groups in total. The van der Waals surface area contributed by atoms with Crippen LogP contribution >= 0.6 is 11.8 Å². The molecule has 1 heterocycles. The zero-order valence-electron chi connectivity index (χ0n) is 13.9. The second-order valence-electron chi connectivity index (χ2n) is 8.57. The van der Waals surface area contributed by atoms with Crippen molar-refractivity contribution >= 4 is 11.8 Å². The fraction of sp³-hybridized carbons (Fsp3) is 0.684. The number of fused-ring (bicyclic) bond motifs is 1. The molecule has 0 radical (unpaired) electrons. The molecule has 1 fully saturated rings. The maximum Gasteiger partial charge on any atom is 0.0260 e. The van der Waals surface area contributed by atoms with Crippen molar-refractivity contribution in [2.75, 3.05) is 6.54 Å². The Morgan fingerprint density at radius 2 is 1.76 bits per heavy atom. The smallest absolute Gasteiger partial charge is 0.0260 e. The zero-order chi connectivity index (χ0) is 15.1. The molecule has 3 rings (SSSR count). The summed E-state index contributed by atoms with van der Waals surface area (Å²) in [4.78, 5) is 1.49. The third kappa shape index (κ3) is 3.84.